The molecule has 0 saturated heterocycles. The van der Waals surface area contributed by atoms with Gasteiger partial charge in [-0.25, -0.2) is 9.59 Å². The number of aliphatic hydroxyl groups is 4. The first-order valence-corrected chi connectivity index (χ1v) is 4.24. The second kappa shape index (κ2) is 6.38. The largest absolute Gasteiger partial charge is 0.467 e. The number of methoxy groups -OCH3 is 2. The molecule has 4 atom stereocenters. The van der Waals surface area contributed by atoms with Crippen LogP contribution in [0.15, 0.2) is 0 Å². The highest BCUT2D eigenvalue weighted by Crippen LogP contribution is 2.07. The van der Waals surface area contributed by atoms with Crippen LogP contribution in [-0.2, 0) is 19.1 Å². The molecule has 0 aliphatic rings. The Labute approximate surface area is 91.0 Å². The van der Waals surface area contributed by atoms with Crippen LogP contribution in [0.4, 0.5) is 0 Å². The fourth-order valence-corrected chi connectivity index (χ4v) is 0.894. The molecule has 0 aromatic rings. The van der Waals surface area contributed by atoms with E-state index in [1.54, 1.807) is 0 Å². The molecule has 0 aliphatic heterocycles. The lowest BCUT2D eigenvalue weighted by Crippen LogP contribution is -2.50. The minimum atomic E-state index is -2.07. The molecule has 0 bridgehead atoms. The van der Waals surface area contributed by atoms with E-state index in [2.05, 4.69) is 9.47 Å². The Kier molecular flexibility index (Phi) is 5.89. The van der Waals surface area contributed by atoms with E-state index in [-0.39, 0.29) is 0 Å². The number of hydrogen-bond donors (Lipinski definition) is 4. The zero-order valence-corrected chi connectivity index (χ0v) is 8.73. The quantitative estimate of drug-likeness (QED) is 0.367. The lowest BCUT2D eigenvalue weighted by molar-refractivity contribution is -0.176. The average Bonchev–Trinajstić information content (AvgIpc) is 2.32. The Morgan fingerprint density at radius 2 is 1.06 bits per heavy atom. The maximum absolute atomic E-state index is 10.8. The Hall–Kier alpha value is -1.22. The van der Waals surface area contributed by atoms with Crippen molar-refractivity contribution in [2.45, 2.75) is 24.4 Å². The van der Waals surface area contributed by atoms with Gasteiger partial charge in [-0.3, -0.25) is 0 Å². The predicted octanol–water partition coefficient (Wildman–Crippen LogP) is -3.22. The van der Waals surface area contributed by atoms with E-state index in [0.717, 1.165) is 14.2 Å². The number of esters is 2. The number of carbonyl (C=O) groups is 2. The summed E-state index contributed by atoms with van der Waals surface area (Å²) in [5.41, 5.74) is 0. The van der Waals surface area contributed by atoms with Crippen molar-refractivity contribution in [2.75, 3.05) is 14.2 Å². The van der Waals surface area contributed by atoms with Crippen LogP contribution in [0.3, 0.4) is 0 Å². The highest BCUT2D eigenvalue weighted by molar-refractivity contribution is 5.77. The van der Waals surface area contributed by atoms with Gasteiger partial charge < -0.3 is 29.9 Å². The van der Waals surface area contributed by atoms with Gasteiger partial charge in [-0.1, -0.05) is 0 Å². The summed E-state index contributed by atoms with van der Waals surface area (Å²) in [4.78, 5) is 21.6. The van der Waals surface area contributed by atoms with Crippen molar-refractivity contribution in [3.63, 3.8) is 0 Å². The summed E-state index contributed by atoms with van der Waals surface area (Å²) in [6.07, 6.45) is -8.28. The smallest absolute Gasteiger partial charge is 0.337 e. The van der Waals surface area contributed by atoms with E-state index in [9.17, 15) is 19.8 Å². The van der Waals surface area contributed by atoms with E-state index in [1.165, 1.54) is 0 Å². The van der Waals surface area contributed by atoms with Gasteiger partial charge in [0.25, 0.3) is 0 Å². The third-order valence-corrected chi connectivity index (χ3v) is 1.88. The van der Waals surface area contributed by atoms with E-state index in [1.807, 2.05) is 0 Å². The summed E-state index contributed by atoms with van der Waals surface area (Å²) >= 11 is 0. The predicted molar refractivity (Wildman–Crippen MR) is 48.1 cm³/mol. The van der Waals surface area contributed by atoms with Crippen LogP contribution in [0.1, 0.15) is 0 Å². The maximum atomic E-state index is 10.8. The second-order valence-electron chi connectivity index (χ2n) is 2.92. The van der Waals surface area contributed by atoms with Gasteiger partial charge in [0.15, 0.2) is 12.2 Å². The molecular weight excluding hydrogens is 224 g/mol. The summed E-state index contributed by atoms with van der Waals surface area (Å²) < 4.78 is 8.18. The van der Waals surface area contributed by atoms with Gasteiger partial charge in [0.1, 0.15) is 12.2 Å². The minimum absolute atomic E-state index is 0.960. The second-order valence-corrected chi connectivity index (χ2v) is 2.92. The number of hydrogen-bond acceptors (Lipinski definition) is 8. The molecule has 0 amide bonds. The van der Waals surface area contributed by atoms with E-state index >= 15 is 0 Å². The van der Waals surface area contributed by atoms with Crippen LogP contribution in [-0.4, -0.2) is 71.0 Å². The highest BCUT2D eigenvalue weighted by atomic mass is 16.5. The topological polar surface area (TPSA) is 134 Å². The molecule has 0 spiro atoms. The van der Waals surface area contributed by atoms with Crippen LogP contribution >= 0.6 is 0 Å². The van der Waals surface area contributed by atoms with Crippen molar-refractivity contribution < 1.29 is 39.5 Å². The van der Waals surface area contributed by atoms with Crippen molar-refractivity contribution in [3.05, 3.63) is 0 Å². The molecule has 0 rings (SSSR count). The normalized spacial score (nSPS) is 18.1. The summed E-state index contributed by atoms with van der Waals surface area (Å²) in [5, 5.41) is 36.7. The van der Waals surface area contributed by atoms with E-state index in [4.69, 9.17) is 10.2 Å². The van der Waals surface area contributed by atoms with Crippen LogP contribution in [0, 0.1) is 0 Å². The van der Waals surface area contributed by atoms with Gasteiger partial charge in [0, 0.05) is 0 Å². The molecule has 8 nitrogen and oxygen atoms in total. The van der Waals surface area contributed by atoms with Gasteiger partial charge in [-0.15, -0.1) is 0 Å². The summed E-state index contributed by atoms with van der Waals surface area (Å²) in [6, 6.07) is 0. The summed E-state index contributed by atoms with van der Waals surface area (Å²) in [7, 11) is 1.92. The lowest BCUT2D eigenvalue weighted by Gasteiger charge is -2.23. The van der Waals surface area contributed by atoms with E-state index < -0.39 is 36.4 Å². The number of rotatable bonds is 5. The van der Waals surface area contributed by atoms with Gasteiger partial charge >= 0.3 is 11.9 Å². The fraction of sp³-hybridized carbons (Fsp3) is 0.750. The molecule has 0 radical (unpaired) electrons. The van der Waals surface area contributed by atoms with Gasteiger partial charge in [-0.2, -0.15) is 0 Å². The van der Waals surface area contributed by atoms with Crippen LogP contribution in [0.25, 0.3) is 0 Å². The molecular formula is C8H14O8. The Balaban J connectivity index is 4.54. The van der Waals surface area contributed by atoms with Crippen molar-refractivity contribution in [1.29, 1.82) is 0 Å². The van der Waals surface area contributed by atoms with Crippen LogP contribution in [0.2, 0.25) is 0 Å². The molecule has 0 aliphatic carbocycles. The molecule has 0 fully saturated rings. The highest BCUT2D eigenvalue weighted by Gasteiger charge is 2.38. The average molecular weight is 238 g/mol. The number of carbonyl (C=O) groups excluding carboxylic acids is 2. The maximum Gasteiger partial charge on any atom is 0.337 e. The molecule has 94 valence electrons. The molecule has 4 N–H and O–H groups in total. The van der Waals surface area contributed by atoms with E-state index in [0.29, 0.717) is 0 Å². The SMILES string of the molecule is COC(=O)[C@@H](O)[C@H](O)[C@H](O)[C@@H](O)C(=O)OC. The van der Waals surface area contributed by atoms with Crippen LogP contribution in [0.5, 0.6) is 0 Å². The first kappa shape index (κ1) is 14.8. The summed E-state index contributed by atoms with van der Waals surface area (Å²) in [5.74, 6) is -2.41. The van der Waals surface area contributed by atoms with Gasteiger partial charge in [0.05, 0.1) is 14.2 Å². The molecule has 0 aromatic carbocycles. The summed E-state index contributed by atoms with van der Waals surface area (Å²) in [6.45, 7) is 0. The van der Waals surface area contributed by atoms with Crippen LogP contribution < -0.4 is 0 Å². The molecule has 0 unspecified atom stereocenters. The minimum Gasteiger partial charge on any atom is -0.467 e. The Morgan fingerprint density at radius 3 is 1.25 bits per heavy atom. The zero-order chi connectivity index (χ0) is 12.9. The van der Waals surface area contributed by atoms with Crippen molar-refractivity contribution in [2.24, 2.45) is 0 Å². The molecule has 16 heavy (non-hydrogen) atoms. The molecule has 0 aromatic heterocycles. The molecule has 0 saturated carbocycles. The first-order valence-electron chi connectivity index (χ1n) is 4.24. The Bertz CT molecular complexity index is 226. The first-order chi connectivity index (χ1) is 7.36. The van der Waals surface area contributed by atoms with Crippen molar-refractivity contribution >= 4 is 11.9 Å². The van der Waals surface area contributed by atoms with Gasteiger partial charge in [0.2, 0.25) is 0 Å². The number of ether oxygens (including phenoxy) is 2. The monoisotopic (exact) mass is 238 g/mol. The zero-order valence-electron chi connectivity index (χ0n) is 8.73. The molecule has 0 heterocycles. The lowest BCUT2D eigenvalue weighted by atomic mass is 10.0. The third-order valence-electron chi connectivity index (χ3n) is 1.88. The standard InChI is InChI=1S/C8H14O8/c1-15-7(13)5(11)3(9)4(10)6(12)8(14)16-2/h3-6,9-12H,1-2H3/t3-,4+,5+,6-. The van der Waals surface area contributed by atoms with Crippen molar-refractivity contribution in [1.82, 2.24) is 0 Å². The Morgan fingerprint density at radius 1 is 0.812 bits per heavy atom. The number of aliphatic hydroxyl groups excluding tert-OH is 4. The fourth-order valence-electron chi connectivity index (χ4n) is 0.894. The van der Waals surface area contributed by atoms with Gasteiger partial charge in [-0.05, 0) is 0 Å². The van der Waals surface area contributed by atoms with Crippen molar-refractivity contribution in [3.8, 4) is 0 Å². The molecule has 8 heteroatoms. The third kappa shape index (κ3) is 3.42.